The summed E-state index contributed by atoms with van der Waals surface area (Å²) in [6.07, 6.45) is 1.22. The highest BCUT2D eigenvalue weighted by atomic mass is 32.2. The molecule has 0 aliphatic heterocycles. The quantitative estimate of drug-likeness (QED) is 0.628. The molecule has 0 atom stereocenters. The van der Waals surface area contributed by atoms with E-state index in [0.29, 0.717) is 5.69 Å². The Morgan fingerprint density at radius 2 is 2.15 bits per heavy atom. The summed E-state index contributed by atoms with van der Waals surface area (Å²) in [6.45, 7) is 0. The Bertz CT molecular complexity index is 729. The second-order valence-corrected chi connectivity index (χ2v) is 6.01. The normalized spacial score (nSPS) is 11.1. The molecule has 106 valence electrons. The number of nitrogens with one attached hydrogen (secondary N) is 2. The van der Waals surface area contributed by atoms with Gasteiger partial charge in [0.05, 0.1) is 11.1 Å². The molecule has 2 aromatic rings. The van der Waals surface area contributed by atoms with Gasteiger partial charge in [0.1, 0.15) is 5.00 Å². The molecule has 0 radical (unpaired) electrons. The fraction of sp³-hybridized carbons (Fsp3) is 0.111. The largest absolute Gasteiger partial charge is 0.388 e. The molecule has 1 aromatic heterocycles. The molecule has 2 rings (SSSR count). The summed E-state index contributed by atoms with van der Waals surface area (Å²) in [5.41, 5.74) is -0.0723. The Balaban J connectivity index is 2.48. The lowest BCUT2D eigenvalue weighted by Gasteiger charge is -2.07. The molecular formula is C9H9N5O4S2. The molecule has 0 saturated carbocycles. The molecule has 0 saturated heterocycles. The Kier molecular flexibility index (Phi) is 3.81. The first-order valence-electron chi connectivity index (χ1n) is 5.20. The van der Waals surface area contributed by atoms with Crippen LogP contribution in [0.25, 0.3) is 0 Å². The summed E-state index contributed by atoms with van der Waals surface area (Å²) >= 11 is 0.833. The maximum Gasteiger partial charge on any atom is 0.291 e. The monoisotopic (exact) mass is 315 g/mol. The van der Waals surface area contributed by atoms with Crippen LogP contribution < -0.4 is 10.0 Å². The number of rotatable bonds is 5. The fourth-order valence-electron chi connectivity index (χ4n) is 1.44. The maximum absolute atomic E-state index is 12.1. The van der Waals surface area contributed by atoms with Crippen molar-refractivity contribution in [1.82, 2.24) is 9.59 Å². The van der Waals surface area contributed by atoms with Crippen LogP contribution in [0.15, 0.2) is 29.3 Å². The summed E-state index contributed by atoms with van der Waals surface area (Å²) in [5.74, 6) is 0. The van der Waals surface area contributed by atoms with Gasteiger partial charge in [-0.3, -0.25) is 14.8 Å². The number of nitro benzene ring substituents is 1. The minimum atomic E-state index is -4.07. The van der Waals surface area contributed by atoms with E-state index in [1.807, 2.05) is 0 Å². The van der Waals surface area contributed by atoms with E-state index in [4.69, 9.17) is 0 Å². The van der Waals surface area contributed by atoms with Crippen molar-refractivity contribution in [2.24, 2.45) is 0 Å². The van der Waals surface area contributed by atoms with E-state index in [2.05, 4.69) is 19.6 Å². The summed E-state index contributed by atoms with van der Waals surface area (Å²) < 4.78 is 30.0. The van der Waals surface area contributed by atoms with Gasteiger partial charge in [-0.25, -0.2) is 8.42 Å². The summed E-state index contributed by atoms with van der Waals surface area (Å²) in [6, 6.07) is 3.76. The van der Waals surface area contributed by atoms with Crippen LogP contribution in [0.5, 0.6) is 0 Å². The standard InChI is InChI=1S/C9H9N5O4S2/c1-10-6-2-3-8(7(4-6)14(15)16)20(17,18)12-9-5-11-13-19-9/h2-5,10,12H,1H3. The second kappa shape index (κ2) is 5.38. The van der Waals surface area contributed by atoms with Gasteiger partial charge in [-0.05, 0) is 12.1 Å². The molecule has 20 heavy (non-hydrogen) atoms. The van der Waals surface area contributed by atoms with Crippen LogP contribution in [0.2, 0.25) is 0 Å². The molecule has 0 aliphatic carbocycles. The van der Waals surface area contributed by atoms with Gasteiger partial charge in [-0.1, -0.05) is 4.49 Å². The van der Waals surface area contributed by atoms with Crippen LogP contribution in [-0.2, 0) is 10.0 Å². The van der Waals surface area contributed by atoms with Crippen LogP contribution >= 0.6 is 11.5 Å². The van der Waals surface area contributed by atoms with E-state index in [1.165, 1.54) is 18.3 Å². The van der Waals surface area contributed by atoms with Gasteiger partial charge in [0, 0.05) is 30.3 Å². The van der Waals surface area contributed by atoms with E-state index >= 15 is 0 Å². The number of nitrogens with zero attached hydrogens (tertiary/aromatic N) is 3. The van der Waals surface area contributed by atoms with Crippen LogP contribution in [0.1, 0.15) is 0 Å². The molecule has 0 fully saturated rings. The lowest BCUT2D eigenvalue weighted by molar-refractivity contribution is -0.387. The predicted molar refractivity (Wildman–Crippen MR) is 73.4 cm³/mol. The van der Waals surface area contributed by atoms with Gasteiger partial charge >= 0.3 is 0 Å². The van der Waals surface area contributed by atoms with Crippen molar-refractivity contribution in [3.63, 3.8) is 0 Å². The van der Waals surface area contributed by atoms with Crippen LogP contribution in [0.4, 0.5) is 16.4 Å². The molecule has 1 heterocycles. The highest BCUT2D eigenvalue weighted by molar-refractivity contribution is 7.93. The van der Waals surface area contributed by atoms with Crippen LogP contribution in [-0.4, -0.2) is 30.0 Å². The summed E-state index contributed by atoms with van der Waals surface area (Å²) in [5, 5.41) is 17.4. The highest BCUT2D eigenvalue weighted by Crippen LogP contribution is 2.29. The third kappa shape index (κ3) is 2.83. The van der Waals surface area contributed by atoms with E-state index < -0.39 is 25.5 Å². The molecule has 0 unspecified atom stereocenters. The van der Waals surface area contributed by atoms with Crippen LogP contribution in [0, 0.1) is 10.1 Å². The number of anilines is 2. The number of hydrogen-bond acceptors (Lipinski definition) is 8. The molecule has 1 aromatic carbocycles. The van der Waals surface area contributed by atoms with Gasteiger partial charge in [0.15, 0.2) is 4.90 Å². The number of aromatic nitrogens is 2. The molecule has 9 nitrogen and oxygen atoms in total. The first-order chi connectivity index (χ1) is 9.44. The van der Waals surface area contributed by atoms with E-state index in [0.717, 1.165) is 17.6 Å². The maximum atomic E-state index is 12.1. The molecule has 0 bridgehead atoms. The third-order valence-corrected chi connectivity index (χ3v) is 4.45. The van der Waals surface area contributed by atoms with Gasteiger partial charge in [0.25, 0.3) is 15.7 Å². The Hall–Kier alpha value is -2.27. The van der Waals surface area contributed by atoms with Crippen molar-refractivity contribution in [2.75, 3.05) is 17.1 Å². The number of sulfonamides is 1. The third-order valence-electron chi connectivity index (χ3n) is 2.33. The summed E-state index contributed by atoms with van der Waals surface area (Å²) in [4.78, 5) is 9.83. The van der Waals surface area contributed by atoms with Crippen molar-refractivity contribution in [2.45, 2.75) is 4.90 Å². The minimum Gasteiger partial charge on any atom is -0.388 e. The van der Waals surface area contributed by atoms with Gasteiger partial charge < -0.3 is 5.32 Å². The lowest BCUT2D eigenvalue weighted by Crippen LogP contribution is -2.14. The minimum absolute atomic E-state index is 0.178. The summed E-state index contributed by atoms with van der Waals surface area (Å²) in [7, 11) is -2.50. The van der Waals surface area contributed by atoms with E-state index in [1.54, 1.807) is 7.05 Å². The Morgan fingerprint density at radius 3 is 2.70 bits per heavy atom. The van der Waals surface area contributed by atoms with Crippen molar-refractivity contribution in [1.29, 1.82) is 0 Å². The molecule has 0 spiro atoms. The van der Waals surface area contributed by atoms with Crippen molar-refractivity contribution in [3.05, 3.63) is 34.5 Å². The molecular weight excluding hydrogens is 306 g/mol. The Morgan fingerprint density at radius 1 is 1.40 bits per heavy atom. The van der Waals surface area contributed by atoms with Gasteiger partial charge in [-0.15, -0.1) is 5.10 Å². The van der Waals surface area contributed by atoms with Crippen molar-refractivity contribution >= 4 is 37.9 Å². The SMILES string of the molecule is CNc1ccc(S(=O)(=O)Nc2cnns2)c([N+](=O)[O-])c1. The molecule has 0 aliphatic rings. The predicted octanol–water partition coefficient (Wildman–Crippen LogP) is 1.29. The number of nitro groups is 1. The first kappa shape index (κ1) is 14.1. The smallest absolute Gasteiger partial charge is 0.291 e. The van der Waals surface area contributed by atoms with Crippen LogP contribution in [0.3, 0.4) is 0 Å². The zero-order chi connectivity index (χ0) is 14.8. The average Bonchev–Trinajstić information content (AvgIpc) is 2.90. The topological polar surface area (TPSA) is 127 Å². The first-order valence-corrected chi connectivity index (χ1v) is 7.46. The van der Waals surface area contributed by atoms with E-state index in [-0.39, 0.29) is 5.00 Å². The van der Waals surface area contributed by atoms with Crippen molar-refractivity contribution < 1.29 is 13.3 Å². The highest BCUT2D eigenvalue weighted by Gasteiger charge is 2.26. The average molecular weight is 315 g/mol. The van der Waals surface area contributed by atoms with Crippen molar-refractivity contribution in [3.8, 4) is 0 Å². The zero-order valence-electron chi connectivity index (χ0n) is 10.1. The fourth-order valence-corrected chi connectivity index (χ4v) is 3.28. The van der Waals surface area contributed by atoms with Gasteiger partial charge in [0.2, 0.25) is 0 Å². The second-order valence-electron chi connectivity index (χ2n) is 3.58. The lowest BCUT2D eigenvalue weighted by atomic mass is 10.3. The number of benzene rings is 1. The molecule has 2 N–H and O–H groups in total. The molecule has 0 amide bonds. The van der Waals surface area contributed by atoms with Gasteiger partial charge in [-0.2, -0.15) is 0 Å². The zero-order valence-corrected chi connectivity index (χ0v) is 11.7. The number of hydrogen-bond donors (Lipinski definition) is 2. The Labute approximate surface area is 118 Å². The molecule has 11 heteroatoms. The van der Waals surface area contributed by atoms with E-state index in [9.17, 15) is 18.5 Å².